The van der Waals surface area contributed by atoms with Crippen molar-refractivity contribution in [1.82, 2.24) is 4.98 Å². The number of oxazole rings is 1. The van der Waals surface area contributed by atoms with Crippen LogP contribution >= 0.6 is 0 Å². The molecule has 0 N–H and O–H groups in total. The van der Waals surface area contributed by atoms with E-state index < -0.39 is 0 Å². The summed E-state index contributed by atoms with van der Waals surface area (Å²) in [7, 11) is 0. The van der Waals surface area contributed by atoms with Crippen molar-refractivity contribution in [3.8, 4) is 0 Å². The molecule has 0 aliphatic rings. The fourth-order valence-corrected chi connectivity index (χ4v) is 1.26. The summed E-state index contributed by atoms with van der Waals surface area (Å²) in [5.41, 5.74) is 2.60. The van der Waals surface area contributed by atoms with Gasteiger partial charge in [0, 0.05) is 0 Å². The Morgan fingerprint density at radius 1 is 1.54 bits per heavy atom. The molecule has 66 valence electrons. The molecule has 3 nitrogen and oxygen atoms in total. The summed E-state index contributed by atoms with van der Waals surface area (Å²) < 4.78 is 5.18. The number of rotatable bonds is 2. The predicted molar refractivity (Wildman–Crippen MR) is 48.8 cm³/mol. The first kappa shape index (κ1) is 7.98. The van der Waals surface area contributed by atoms with Gasteiger partial charge in [-0.05, 0) is 24.1 Å². The molecule has 0 unspecified atom stereocenters. The maximum absolute atomic E-state index is 10.4. The second kappa shape index (κ2) is 3.01. The minimum absolute atomic E-state index is 0.142. The molecule has 0 saturated heterocycles. The van der Waals surface area contributed by atoms with E-state index in [-0.39, 0.29) is 5.89 Å². The maximum atomic E-state index is 10.4. The van der Waals surface area contributed by atoms with E-state index in [1.807, 2.05) is 18.2 Å². The van der Waals surface area contributed by atoms with Gasteiger partial charge in [0.2, 0.25) is 6.29 Å². The van der Waals surface area contributed by atoms with E-state index >= 15 is 0 Å². The summed E-state index contributed by atoms with van der Waals surface area (Å²) in [4.78, 5) is 14.3. The normalized spacial score (nSPS) is 10.5. The zero-order chi connectivity index (χ0) is 9.26. The minimum atomic E-state index is 0.142. The molecule has 1 aromatic carbocycles. The standard InChI is InChI=1S/C10H9NO2/c1-2-7-3-4-8-9(5-7)13-10(6-12)11-8/h3-6H,2H2,1H3. The SMILES string of the molecule is CCc1ccc2nc(C=O)oc2c1. The van der Waals surface area contributed by atoms with E-state index in [1.54, 1.807) is 0 Å². The zero-order valence-electron chi connectivity index (χ0n) is 7.28. The Balaban J connectivity index is 2.63. The Labute approximate surface area is 75.4 Å². The summed E-state index contributed by atoms with van der Waals surface area (Å²) in [6, 6.07) is 5.76. The molecule has 0 saturated carbocycles. The maximum Gasteiger partial charge on any atom is 0.260 e. The molecule has 1 heterocycles. The van der Waals surface area contributed by atoms with Crippen LogP contribution in [0.3, 0.4) is 0 Å². The van der Waals surface area contributed by atoms with E-state index in [4.69, 9.17) is 4.42 Å². The summed E-state index contributed by atoms with van der Waals surface area (Å²) in [6.07, 6.45) is 1.57. The lowest BCUT2D eigenvalue weighted by Gasteiger charge is -1.92. The van der Waals surface area contributed by atoms with Crippen LogP contribution in [0.4, 0.5) is 0 Å². The molecule has 0 atom stereocenters. The highest BCUT2D eigenvalue weighted by atomic mass is 16.4. The molecular formula is C10H9NO2. The van der Waals surface area contributed by atoms with E-state index in [0.717, 1.165) is 11.9 Å². The molecule has 0 aliphatic heterocycles. The van der Waals surface area contributed by atoms with Gasteiger partial charge in [-0.15, -0.1) is 0 Å². The minimum Gasteiger partial charge on any atom is -0.434 e. The third kappa shape index (κ3) is 1.33. The van der Waals surface area contributed by atoms with Gasteiger partial charge in [0.05, 0.1) is 0 Å². The molecule has 2 rings (SSSR count). The van der Waals surface area contributed by atoms with Crippen LogP contribution in [0.1, 0.15) is 23.2 Å². The number of aromatic nitrogens is 1. The first-order chi connectivity index (χ1) is 6.33. The molecule has 0 aliphatic carbocycles. The molecule has 0 bridgehead atoms. The molecular weight excluding hydrogens is 166 g/mol. The molecule has 2 aromatic rings. The van der Waals surface area contributed by atoms with Crippen LogP contribution in [0.5, 0.6) is 0 Å². The highest BCUT2D eigenvalue weighted by Gasteiger charge is 2.03. The van der Waals surface area contributed by atoms with Crippen LogP contribution in [-0.2, 0) is 6.42 Å². The van der Waals surface area contributed by atoms with E-state index in [1.165, 1.54) is 5.56 Å². The van der Waals surface area contributed by atoms with Gasteiger partial charge in [0.25, 0.3) is 5.89 Å². The van der Waals surface area contributed by atoms with E-state index in [0.29, 0.717) is 11.9 Å². The lowest BCUT2D eigenvalue weighted by atomic mass is 10.1. The number of aryl methyl sites for hydroxylation is 1. The highest BCUT2D eigenvalue weighted by Crippen LogP contribution is 2.16. The van der Waals surface area contributed by atoms with Gasteiger partial charge in [-0.3, -0.25) is 4.79 Å². The molecule has 13 heavy (non-hydrogen) atoms. The Bertz CT molecular complexity index is 445. The molecule has 1 aromatic heterocycles. The van der Waals surface area contributed by atoms with E-state index in [2.05, 4.69) is 11.9 Å². The van der Waals surface area contributed by atoms with Gasteiger partial charge < -0.3 is 4.42 Å². The predicted octanol–water partition coefficient (Wildman–Crippen LogP) is 2.20. The number of benzene rings is 1. The van der Waals surface area contributed by atoms with Gasteiger partial charge in [-0.2, -0.15) is 0 Å². The Kier molecular flexibility index (Phi) is 1.85. The number of nitrogens with zero attached hydrogens (tertiary/aromatic N) is 1. The van der Waals surface area contributed by atoms with Crippen molar-refractivity contribution in [2.45, 2.75) is 13.3 Å². The summed E-state index contributed by atoms with van der Waals surface area (Å²) in [5.74, 6) is 0.142. The first-order valence-electron chi connectivity index (χ1n) is 4.18. The van der Waals surface area contributed by atoms with Crippen molar-refractivity contribution in [3.05, 3.63) is 29.7 Å². The summed E-state index contributed by atoms with van der Waals surface area (Å²) in [6.45, 7) is 2.07. The van der Waals surface area contributed by atoms with Crippen molar-refractivity contribution in [2.24, 2.45) is 0 Å². The second-order valence-electron chi connectivity index (χ2n) is 2.83. The van der Waals surface area contributed by atoms with Gasteiger partial charge in [-0.25, -0.2) is 4.98 Å². The van der Waals surface area contributed by atoms with Crippen molar-refractivity contribution >= 4 is 17.4 Å². The van der Waals surface area contributed by atoms with Crippen LogP contribution in [-0.4, -0.2) is 11.3 Å². The highest BCUT2D eigenvalue weighted by molar-refractivity contribution is 5.79. The second-order valence-corrected chi connectivity index (χ2v) is 2.83. The molecule has 0 fully saturated rings. The molecule has 0 spiro atoms. The zero-order valence-corrected chi connectivity index (χ0v) is 7.28. The van der Waals surface area contributed by atoms with Crippen molar-refractivity contribution < 1.29 is 9.21 Å². The Morgan fingerprint density at radius 2 is 2.38 bits per heavy atom. The van der Waals surface area contributed by atoms with Gasteiger partial charge in [0.1, 0.15) is 5.52 Å². The summed E-state index contributed by atoms with van der Waals surface area (Å²) in [5, 5.41) is 0. The summed E-state index contributed by atoms with van der Waals surface area (Å²) >= 11 is 0. The fraction of sp³-hybridized carbons (Fsp3) is 0.200. The number of aldehydes is 1. The third-order valence-corrected chi connectivity index (χ3v) is 1.98. The van der Waals surface area contributed by atoms with Crippen LogP contribution in [0.25, 0.3) is 11.1 Å². The number of hydrogen-bond donors (Lipinski definition) is 0. The first-order valence-corrected chi connectivity index (χ1v) is 4.18. The molecule has 0 amide bonds. The Hall–Kier alpha value is -1.64. The largest absolute Gasteiger partial charge is 0.434 e. The van der Waals surface area contributed by atoms with Gasteiger partial charge >= 0.3 is 0 Å². The third-order valence-electron chi connectivity index (χ3n) is 1.98. The number of fused-ring (bicyclic) bond motifs is 1. The monoisotopic (exact) mass is 175 g/mol. The number of hydrogen-bond acceptors (Lipinski definition) is 3. The van der Waals surface area contributed by atoms with Crippen molar-refractivity contribution in [2.75, 3.05) is 0 Å². The average molecular weight is 175 g/mol. The topological polar surface area (TPSA) is 43.1 Å². The lowest BCUT2D eigenvalue weighted by Crippen LogP contribution is -1.77. The smallest absolute Gasteiger partial charge is 0.260 e. The fourth-order valence-electron chi connectivity index (χ4n) is 1.26. The lowest BCUT2D eigenvalue weighted by molar-refractivity contribution is 0.109. The van der Waals surface area contributed by atoms with Crippen molar-refractivity contribution in [3.63, 3.8) is 0 Å². The van der Waals surface area contributed by atoms with Crippen molar-refractivity contribution in [1.29, 1.82) is 0 Å². The quantitative estimate of drug-likeness (QED) is 0.657. The van der Waals surface area contributed by atoms with Crippen LogP contribution in [0, 0.1) is 0 Å². The number of carbonyl (C=O) groups is 1. The Morgan fingerprint density at radius 3 is 3.08 bits per heavy atom. The molecule has 0 radical (unpaired) electrons. The van der Waals surface area contributed by atoms with Crippen LogP contribution < -0.4 is 0 Å². The van der Waals surface area contributed by atoms with E-state index in [9.17, 15) is 4.79 Å². The van der Waals surface area contributed by atoms with Crippen LogP contribution in [0.15, 0.2) is 22.6 Å². The van der Waals surface area contributed by atoms with Gasteiger partial charge in [0.15, 0.2) is 5.58 Å². The average Bonchev–Trinajstić information content (AvgIpc) is 2.58. The molecule has 3 heteroatoms. The van der Waals surface area contributed by atoms with Crippen LogP contribution in [0.2, 0.25) is 0 Å². The van der Waals surface area contributed by atoms with Gasteiger partial charge in [-0.1, -0.05) is 13.0 Å². The number of carbonyl (C=O) groups excluding carboxylic acids is 1.